The Morgan fingerprint density at radius 1 is 1.57 bits per heavy atom. The van der Waals surface area contributed by atoms with Crippen molar-refractivity contribution < 1.29 is 9.53 Å². The molecule has 0 radical (unpaired) electrons. The van der Waals surface area contributed by atoms with E-state index in [0.29, 0.717) is 0 Å². The second kappa shape index (κ2) is 4.65. The Bertz CT molecular complexity index is 294. The number of carbonyl (C=O) groups excluding carboxylic acids is 1. The molecule has 0 aromatic carbocycles. The molecule has 1 rings (SSSR count). The van der Waals surface area contributed by atoms with Crippen molar-refractivity contribution in [3.63, 3.8) is 0 Å². The van der Waals surface area contributed by atoms with Crippen LogP contribution >= 0.6 is 37.4 Å². The molecule has 0 fully saturated rings. The molecule has 0 unspecified atom stereocenters. The molecular weight excluding hydrogens is 361 g/mol. The van der Waals surface area contributed by atoms with Crippen LogP contribution in [-0.2, 0) is 4.74 Å². The monoisotopic (exact) mass is 373 g/mol. The van der Waals surface area contributed by atoms with Gasteiger partial charge in [-0.25, -0.2) is 0 Å². The van der Waals surface area contributed by atoms with Crippen LogP contribution in [-0.4, -0.2) is 14.8 Å². The number of ether oxygens (including phenoxy) is 1. The molecule has 0 atom stereocenters. The first-order valence-corrected chi connectivity index (χ1v) is 7.13. The molecule has 1 aliphatic heterocycles. The molecule has 1 heterocycles. The zero-order valence-corrected chi connectivity index (χ0v) is 12.2. The molecule has 0 N–H and O–H groups in total. The zero-order chi connectivity index (χ0) is 10.8. The maximum atomic E-state index is 11.6. The van der Waals surface area contributed by atoms with E-state index in [0.717, 1.165) is 2.49 Å². The van der Waals surface area contributed by atoms with Crippen LogP contribution in [0.1, 0.15) is 20.8 Å². The Labute approximate surface area is 103 Å². The summed E-state index contributed by atoms with van der Waals surface area (Å²) in [5.41, 5.74) is -0.425. The van der Waals surface area contributed by atoms with Crippen LogP contribution in [0, 0.1) is 0 Å². The second-order valence-electron chi connectivity index (χ2n) is 3.71. The molecule has 0 aromatic rings. The number of hydrogen-bond acceptors (Lipinski definition) is 2. The third-order valence-electron chi connectivity index (χ3n) is 1.21. The number of allylic oxidation sites excluding steroid dienone is 2. The van der Waals surface area contributed by atoms with Gasteiger partial charge in [-0.2, -0.15) is 0 Å². The van der Waals surface area contributed by atoms with Crippen LogP contribution in [0.3, 0.4) is 0 Å². The molecule has 14 heavy (non-hydrogen) atoms. The van der Waals surface area contributed by atoms with Crippen LogP contribution < -0.4 is 0 Å². The molecule has 0 saturated carbocycles. The van der Waals surface area contributed by atoms with E-state index in [-0.39, 0.29) is 6.09 Å². The van der Waals surface area contributed by atoms with Crippen molar-refractivity contribution in [2.24, 2.45) is 0 Å². The van der Waals surface area contributed by atoms with Crippen LogP contribution in [0.25, 0.3) is 0 Å². The molecule has 0 bridgehead atoms. The van der Waals surface area contributed by atoms with Crippen molar-refractivity contribution in [2.45, 2.75) is 26.4 Å². The molecule has 0 aromatic heterocycles. The fourth-order valence-electron chi connectivity index (χ4n) is 0.757. The van der Waals surface area contributed by atoms with Crippen molar-refractivity contribution >= 4 is 43.5 Å². The maximum absolute atomic E-state index is 11.6. The van der Waals surface area contributed by atoms with Gasteiger partial charge in [-0.15, -0.1) is 0 Å². The molecule has 1 amide bonds. The van der Waals surface area contributed by atoms with Gasteiger partial charge in [0, 0.05) is 0 Å². The van der Waals surface area contributed by atoms with Crippen molar-refractivity contribution in [1.29, 1.82) is 0 Å². The third kappa shape index (κ3) is 4.00. The number of hydrogen-bond donors (Lipinski definition) is 0. The molecular formula is C9H13BrINO2. The SMILES string of the molecule is CC(C)(C)OC(=O)N1C=CC=C(Br)[IH]1. The van der Waals surface area contributed by atoms with Gasteiger partial charge in [0.05, 0.1) is 0 Å². The normalized spacial score (nSPS) is 17.1. The predicted molar refractivity (Wildman–Crippen MR) is 69.6 cm³/mol. The summed E-state index contributed by atoms with van der Waals surface area (Å²) in [6.07, 6.45) is 5.30. The molecule has 5 heteroatoms. The van der Waals surface area contributed by atoms with Crippen LogP contribution in [0.4, 0.5) is 4.79 Å². The van der Waals surface area contributed by atoms with Crippen LogP contribution in [0.5, 0.6) is 0 Å². The quantitative estimate of drug-likeness (QED) is 0.479. The Morgan fingerprint density at radius 3 is 2.71 bits per heavy atom. The fraction of sp³-hybridized carbons (Fsp3) is 0.444. The van der Waals surface area contributed by atoms with Gasteiger partial charge in [0.1, 0.15) is 0 Å². The minimum atomic E-state index is -0.640. The summed E-state index contributed by atoms with van der Waals surface area (Å²) in [4.78, 5) is 11.6. The number of nitrogens with zero attached hydrogens (tertiary/aromatic N) is 1. The summed E-state index contributed by atoms with van der Waals surface area (Å²) in [6, 6.07) is 0. The van der Waals surface area contributed by atoms with E-state index >= 15 is 0 Å². The third-order valence-corrected chi connectivity index (χ3v) is 4.66. The fourth-order valence-corrected chi connectivity index (χ4v) is 3.58. The summed E-state index contributed by atoms with van der Waals surface area (Å²) in [5.74, 6) is 0. The summed E-state index contributed by atoms with van der Waals surface area (Å²) in [5, 5.41) is 0. The number of carbonyl (C=O) groups is 1. The Hall–Kier alpha value is -0.0400. The first-order chi connectivity index (χ1) is 6.38. The first-order valence-electron chi connectivity index (χ1n) is 4.13. The van der Waals surface area contributed by atoms with Gasteiger partial charge < -0.3 is 0 Å². The average molecular weight is 374 g/mol. The van der Waals surface area contributed by atoms with Crippen molar-refractivity contribution in [3.8, 4) is 0 Å². The molecule has 1 aliphatic rings. The average Bonchev–Trinajstić information content (AvgIpc) is 2.01. The van der Waals surface area contributed by atoms with E-state index < -0.39 is 27.1 Å². The van der Waals surface area contributed by atoms with E-state index in [1.54, 1.807) is 9.31 Å². The van der Waals surface area contributed by atoms with E-state index in [2.05, 4.69) is 15.9 Å². The van der Waals surface area contributed by atoms with Crippen molar-refractivity contribution in [1.82, 2.24) is 3.11 Å². The van der Waals surface area contributed by atoms with Crippen molar-refractivity contribution in [2.75, 3.05) is 0 Å². The van der Waals surface area contributed by atoms with Crippen molar-refractivity contribution in [3.05, 3.63) is 20.8 Å². The van der Waals surface area contributed by atoms with Gasteiger partial charge in [0.2, 0.25) is 0 Å². The van der Waals surface area contributed by atoms with Gasteiger partial charge in [0.25, 0.3) is 0 Å². The Kier molecular flexibility index (Phi) is 4.00. The van der Waals surface area contributed by atoms with Gasteiger partial charge in [0.15, 0.2) is 0 Å². The van der Waals surface area contributed by atoms with Gasteiger partial charge >= 0.3 is 103 Å². The number of amides is 1. The molecule has 0 aliphatic carbocycles. The first kappa shape index (κ1) is 12.0. The van der Waals surface area contributed by atoms with E-state index in [9.17, 15) is 4.79 Å². The number of rotatable bonds is 0. The van der Waals surface area contributed by atoms with E-state index in [4.69, 9.17) is 4.74 Å². The predicted octanol–water partition coefficient (Wildman–Crippen LogP) is 3.61. The Balaban J connectivity index is 2.56. The topological polar surface area (TPSA) is 29.5 Å². The van der Waals surface area contributed by atoms with E-state index in [1.807, 2.05) is 32.9 Å². The molecule has 3 nitrogen and oxygen atoms in total. The van der Waals surface area contributed by atoms with Crippen LogP contribution in [0.15, 0.2) is 20.8 Å². The zero-order valence-electron chi connectivity index (χ0n) is 8.28. The van der Waals surface area contributed by atoms with Gasteiger partial charge in [-0.3, -0.25) is 0 Å². The summed E-state index contributed by atoms with van der Waals surface area (Å²) in [7, 11) is 0. The minimum absolute atomic E-state index is 0.263. The Morgan fingerprint density at radius 2 is 2.21 bits per heavy atom. The van der Waals surface area contributed by atoms with Gasteiger partial charge in [-0.1, -0.05) is 0 Å². The molecule has 0 saturated heterocycles. The van der Waals surface area contributed by atoms with Crippen LogP contribution in [0.2, 0.25) is 0 Å². The molecule has 80 valence electrons. The van der Waals surface area contributed by atoms with Gasteiger partial charge in [-0.05, 0) is 0 Å². The summed E-state index contributed by atoms with van der Waals surface area (Å²) < 4.78 is 7.99. The van der Waals surface area contributed by atoms with E-state index in [1.165, 1.54) is 0 Å². The summed E-state index contributed by atoms with van der Waals surface area (Å²) in [6.45, 7) is 5.60. The summed E-state index contributed by atoms with van der Waals surface area (Å²) >= 11 is 2.76. The molecule has 0 spiro atoms. The standard InChI is InChI=1S/C9H13BrINO2/c1-9(2,3)14-8(13)12-6-4-5-7(10)11-12/h4-6,11H,1-3H3. The number of halogens is 2. The second-order valence-corrected chi connectivity index (χ2v) is 9.10.